The van der Waals surface area contributed by atoms with Gasteiger partial charge < -0.3 is 23.7 Å². The minimum absolute atomic E-state index is 0.255. The van der Waals surface area contributed by atoms with Crippen LogP contribution in [0.3, 0.4) is 0 Å². The highest BCUT2D eigenvalue weighted by atomic mass is 32.2. The summed E-state index contributed by atoms with van der Waals surface area (Å²) in [5.41, 5.74) is 2.92. The first kappa shape index (κ1) is 32.7. The number of hydrogen-bond acceptors (Lipinski definition) is 7. The van der Waals surface area contributed by atoms with E-state index in [2.05, 4.69) is 0 Å². The molecule has 0 radical (unpaired) electrons. The number of ether oxygens (including phenoxy) is 5. The molecule has 7 heteroatoms. The van der Waals surface area contributed by atoms with Gasteiger partial charge in [-0.2, -0.15) is 0 Å². The van der Waals surface area contributed by atoms with Crippen LogP contribution in [-0.4, -0.2) is 42.4 Å². The Morgan fingerprint density at radius 1 is 0.553 bits per heavy atom. The van der Waals surface area contributed by atoms with Gasteiger partial charge in [0.15, 0.2) is 6.10 Å². The molecule has 0 aliphatic carbocycles. The Kier molecular flexibility index (Phi) is 11.9. The van der Waals surface area contributed by atoms with Crippen molar-refractivity contribution in [2.45, 2.75) is 54.6 Å². The van der Waals surface area contributed by atoms with Crippen LogP contribution in [0.25, 0.3) is 0 Å². The van der Waals surface area contributed by atoms with Crippen LogP contribution in [0.5, 0.6) is 0 Å². The summed E-state index contributed by atoms with van der Waals surface area (Å²) >= 11 is 1.49. The predicted molar refractivity (Wildman–Crippen MR) is 183 cm³/mol. The molecular formula is C40H38O6S. The molecule has 47 heavy (non-hydrogen) atoms. The van der Waals surface area contributed by atoms with E-state index in [-0.39, 0.29) is 6.61 Å². The summed E-state index contributed by atoms with van der Waals surface area (Å²) in [7, 11) is 0. The second-order valence-corrected chi connectivity index (χ2v) is 12.4. The van der Waals surface area contributed by atoms with Gasteiger partial charge in [-0.1, -0.05) is 139 Å². The third-order valence-electron chi connectivity index (χ3n) is 7.80. The fraction of sp³-hybridized carbons (Fsp3) is 0.225. The van der Waals surface area contributed by atoms with Crippen LogP contribution in [-0.2, 0) is 43.5 Å². The number of hydrogen-bond donors (Lipinski definition) is 0. The van der Waals surface area contributed by atoms with Gasteiger partial charge in [0, 0.05) is 4.90 Å². The average Bonchev–Trinajstić information content (AvgIpc) is 3.13. The average molecular weight is 647 g/mol. The molecule has 5 aromatic carbocycles. The highest BCUT2D eigenvalue weighted by Crippen LogP contribution is 2.38. The predicted octanol–water partition coefficient (Wildman–Crippen LogP) is 8.12. The summed E-state index contributed by atoms with van der Waals surface area (Å²) in [6, 6.07) is 48.9. The summed E-state index contributed by atoms with van der Waals surface area (Å²) in [5.74, 6) is -0.452. The molecule has 0 N–H and O–H groups in total. The summed E-state index contributed by atoms with van der Waals surface area (Å²) in [4.78, 5) is 14.6. The van der Waals surface area contributed by atoms with E-state index in [1.165, 1.54) is 11.8 Å². The second-order valence-electron chi connectivity index (χ2n) is 11.2. The molecule has 0 bridgehead atoms. The molecule has 6 nitrogen and oxygen atoms in total. The largest absolute Gasteiger partial charge is 0.452 e. The molecule has 0 amide bonds. The zero-order valence-corrected chi connectivity index (χ0v) is 26.8. The van der Waals surface area contributed by atoms with Crippen molar-refractivity contribution in [1.29, 1.82) is 0 Å². The first-order valence-electron chi connectivity index (χ1n) is 15.8. The Bertz CT molecular complexity index is 1620. The van der Waals surface area contributed by atoms with Crippen molar-refractivity contribution in [1.82, 2.24) is 0 Å². The summed E-state index contributed by atoms with van der Waals surface area (Å²) < 4.78 is 32.8. The lowest BCUT2D eigenvalue weighted by molar-refractivity contribution is -0.242. The highest BCUT2D eigenvalue weighted by Gasteiger charge is 2.50. The van der Waals surface area contributed by atoms with Crippen LogP contribution >= 0.6 is 11.8 Å². The fourth-order valence-electron chi connectivity index (χ4n) is 5.42. The topological polar surface area (TPSA) is 63.2 Å². The first-order valence-corrected chi connectivity index (χ1v) is 16.7. The number of esters is 1. The van der Waals surface area contributed by atoms with Gasteiger partial charge in [0.1, 0.15) is 23.7 Å². The van der Waals surface area contributed by atoms with Gasteiger partial charge in [-0.3, -0.25) is 0 Å². The van der Waals surface area contributed by atoms with Crippen molar-refractivity contribution in [3.63, 3.8) is 0 Å². The van der Waals surface area contributed by atoms with Crippen molar-refractivity contribution in [2.75, 3.05) is 6.61 Å². The molecule has 1 aliphatic rings. The van der Waals surface area contributed by atoms with Crippen LogP contribution in [0.4, 0.5) is 0 Å². The lowest BCUT2D eigenvalue weighted by atomic mass is 9.98. The van der Waals surface area contributed by atoms with Gasteiger partial charge in [-0.15, -0.1) is 0 Å². The molecular weight excluding hydrogens is 609 g/mol. The van der Waals surface area contributed by atoms with Crippen LogP contribution < -0.4 is 0 Å². The lowest BCUT2D eigenvalue weighted by Gasteiger charge is -2.45. The van der Waals surface area contributed by atoms with Crippen LogP contribution in [0, 0.1) is 0 Å². The van der Waals surface area contributed by atoms with E-state index in [4.69, 9.17) is 23.7 Å². The SMILES string of the molecule is O=C(O[C@@H]1[C@@H](OCc2ccccc2)[C@@H](OCc2ccccc2)[C@@H](COCc2ccccc2)O[C@H]1Sc1ccccc1)c1ccccc1. The number of carbonyl (C=O) groups is 1. The summed E-state index contributed by atoms with van der Waals surface area (Å²) in [6.07, 6.45) is -2.61. The quantitative estimate of drug-likeness (QED) is 0.113. The van der Waals surface area contributed by atoms with Crippen molar-refractivity contribution >= 4 is 17.7 Å². The van der Waals surface area contributed by atoms with E-state index in [0.29, 0.717) is 25.4 Å². The Hall–Kier alpha value is -4.24. The van der Waals surface area contributed by atoms with Crippen LogP contribution in [0.1, 0.15) is 27.0 Å². The Morgan fingerprint density at radius 2 is 1.02 bits per heavy atom. The third-order valence-corrected chi connectivity index (χ3v) is 8.96. The second kappa shape index (κ2) is 17.1. The van der Waals surface area contributed by atoms with E-state index in [1.54, 1.807) is 12.1 Å². The van der Waals surface area contributed by atoms with Gasteiger partial charge in [-0.05, 0) is 41.0 Å². The number of rotatable bonds is 14. The van der Waals surface area contributed by atoms with Gasteiger partial charge in [-0.25, -0.2) is 4.79 Å². The lowest BCUT2D eigenvalue weighted by Crippen LogP contribution is -2.60. The molecule has 5 aromatic rings. The maximum atomic E-state index is 13.6. The van der Waals surface area contributed by atoms with Crippen molar-refractivity contribution < 1.29 is 28.5 Å². The molecule has 5 atom stereocenters. The molecule has 0 spiro atoms. The molecule has 1 saturated heterocycles. The van der Waals surface area contributed by atoms with E-state index in [1.807, 2.05) is 140 Å². The summed E-state index contributed by atoms with van der Waals surface area (Å²) in [5, 5.41) is 0. The molecule has 0 aromatic heterocycles. The van der Waals surface area contributed by atoms with Crippen LogP contribution in [0.2, 0.25) is 0 Å². The first-order chi connectivity index (χ1) is 23.2. The van der Waals surface area contributed by atoms with Gasteiger partial charge >= 0.3 is 5.97 Å². The Morgan fingerprint density at radius 3 is 1.57 bits per heavy atom. The van der Waals surface area contributed by atoms with Crippen molar-refractivity contribution in [3.8, 4) is 0 Å². The molecule has 1 aliphatic heterocycles. The molecule has 1 heterocycles. The molecule has 240 valence electrons. The van der Waals surface area contributed by atoms with Crippen molar-refractivity contribution in [2.24, 2.45) is 0 Å². The smallest absolute Gasteiger partial charge is 0.338 e. The minimum atomic E-state index is -0.803. The van der Waals surface area contributed by atoms with Gasteiger partial charge in [0.2, 0.25) is 0 Å². The molecule has 0 saturated carbocycles. The molecule has 0 unspecified atom stereocenters. The zero-order chi connectivity index (χ0) is 32.1. The standard InChI is InChI=1S/C40H38O6S/c41-39(33-22-12-4-13-23-33)46-38-37(44-28-32-20-10-3-11-21-32)36(43-27-31-18-8-2-9-19-31)35(29-42-26-30-16-6-1-7-17-30)45-40(38)47-34-24-14-5-15-25-34/h1-25,35-38,40H,26-29H2/t35-,36+,37+,38-,40+/m1/s1. The number of carbonyl (C=O) groups excluding carboxylic acids is 1. The minimum Gasteiger partial charge on any atom is -0.452 e. The molecule has 1 fully saturated rings. The number of thioether (sulfide) groups is 1. The maximum Gasteiger partial charge on any atom is 0.338 e. The highest BCUT2D eigenvalue weighted by molar-refractivity contribution is 7.99. The Balaban J connectivity index is 1.33. The third kappa shape index (κ3) is 9.41. The van der Waals surface area contributed by atoms with Gasteiger partial charge in [0.05, 0.1) is 32.0 Å². The molecule has 6 rings (SSSR count). The van der Waals surface area contributed by atoms with E-state index < -0.39 is 35.8 Å². The number of benzene rings is 5. The fourth-order valence-corrected chi connectivity index (χ4v) is 6.55. The zero-order valence-electron chi connectivity index (χ0n) is 26.0. The van der Waals surface area contributed by atoms with E-state index >= 15 is 0 Å². The monoisotopic (exact) mass is 646 g/mol. The van der Waals surface area contributed by atoms with E-state index in [0.717, 1.165) is 21.6 Å². The normalized spacial score (nSPS) is 20.8. The van der Waals surface area contributed by atoms with Crippen LogP contribution in [0.15, 0.2) is 157 Å². The maximum absolute atomic E-state index is 13.6. The Labute approximate surface area is 280 Å². The van der Waals surface area contributed by atoms with Gasteiger partial charge in [0.25, 0.3) is 0 Å². The van der Waals surface area contributed by atoms with E-state index in [9.17, 15) is 4.79 Å². The van der Waals surface area contributed by atoms with Crippen molar-refractivity contribution in [3.05, 3.63) is 174 Å². The summed E-state index contributed by atoms with van der Waals surface area (Å²) in [6.45, 7) is 1.30.